The lowest BCUT2D eigenvalue weighted by Gasteiger charge is -2.28. The first-order chi connectivity index (χ1) is 13.6. The molecule has 2 nitrogen and oxygen atoms in total. The molecule has 2 aliphatic rings. The first kappa shape index (κ1) is 19.5. The van der Waals surface area contributed by atoms with Crippen LogP contribution in [-0.4, -0.2) is 11.9 Å². The predicted molar refractivity (Wildman–Crippen MR) is 117 cm³/mol. The highest BCUT2D eigenvalue weighted by molar-refractivity contribution is 6.31. The molecule has 0 bridgehead atoms. The van der Waals surface area contributed by atoms with Gasteiger partial charge in [0.2, 0.25) is 5.91 Å². The maximum Gasteiger partial charge on any atom is 0.223 e. The minimum absolute atomic E-state index is 0.0299. The van der Waals surface area contributed by atoms with Gasteiger partial charge in [-0.15, -0.1) is 0 Å². The molecule has 4 rings (SSSR count). The number of benzene rings is 2. The Bertz CT molecular complexity index is 864. The molecule has 2 aliphatic carbocycles. The van der Waals surface area contributed by atoms with Gasteiger partial charge in [0.15, 0.2) is 0 Å². The fraction of sp³-hybridized carbons (Fsp3) is 0.375. The Morgan fingerprint density at radius 2 is 1.32 bits per heavy atom. The van der Waals surface area contributed by atoms with Crippen LogP contribution in [0.5, 0.6) is 0 Å². The minimum atomic E-state index is 0.0299. The van der Waals surface area contributed by atoms with Gasteiger partial charge in [0.1, 0.15) is 0 Å². The molecule has 0 aromatic heterocycles. The van der Waals surface area contributed by atoms with E-state index in [0.29, 0.717) is 6.04 Å². The quantitative estimate of drug-likeness (QED) is 0.588. The molecule has 146 valence electrons. The molecule has 1 N–H and O–H groups in total. The van der Waals surface area contributed by atoms with Gasteiger partial charge in [0.05, 0.1) is 0 Å². The Morgan fingerprint density at radius 3 is 1.89 bits per heavy atom. The van der Waals surface area contributed by atoms with Crippen LogP contribution in [0.1, 0.15) is 56.1 Å². The number of halogens is 2. The molecular formula is C24H25Cl2NO. The van der Waals surface area contributed by atoms with Crippen molar-refractivity contribution < 1.29 is 4.79 Å². The maximum absolute atomic E-state index is 12.9. The van der Waals surface area contributed by atoms with Gasteiger partial charge in [-0.05, 0) is 78.6 Å². The molecule has 0 heterocycles. The molecule has 0 saturated heterocycles. The number of amides is 1. The Morgan fingerprint density at radius 1 is 0.786 bits per heavy atom. The van der Waals surface area contributed by atoms with Crippen LogP contribution < -0.4 is 5.32 Å². The van der Waals surface area contributed by atoms with Gasteiger partial charge in [-0.1, -0.05) is 60.3 Å². The summed E-state index contributed by atoms with van der Waals surface area (Å²) in [5, 5.41) is 4.76. The molecule has 2 aromatic carbocycles. The molecule has 1 atom stereocenters. The summed E-state index contributed by atoms with van der Waals surface area (Å²) in [6.07, 6.45) is 7.23. The summed E-state index contributed by atoms with van der Waals surface area (Å²) in [6, 6.07) is 16.4. The Kier molecular flexibility index (Phi) is 6.08. The highest BCUT2D eigenvalue weighted by Crippen LogP contribution is 2.41. The molecule has 2 aromatic rings. The molecule has 4 heteroatoms. The molecule has 28 heavy (non-hydrogen) atoms. The summed E-state index contributed by atoms with van der Waals surface area (Å²) in [5.74, 6) is 0.246. The van der Waals surface area contributed by atoms with Crippen molar-refractivity contribution in [2.75, 3.05) is 0 Å². The van der Waals surface area contributed by atoms with E-state index >= 15 is 0 Å². The van der Waals surface area contributed by atoms with Crippen molar-refractivity contribution in [3.8, 4) is 0 Å². The predicted octanol–water partition coefficient (Wildman–Crippen LogP) is 6.76. The number of allylic oxidation sites excluding steroid dienone is 2. The van der Waals surface area contributed by atoms with Gasteiger partial charge in [-0.25, -0.2) is 0 Å². The summed E-state index contributed by atoms with van der Waals surface area (Å²) in [4.78, 5) is 12.9. The molecule has 1 saturated carbocycles. The topological polar surface area (TPSA) is 29.1 Å². The second-order valence-corrected chi connectivity index (χ2v) is 8.77. The van der Waals surface area contributed by atoms with E-state index in [9.17, 15) is 4.79 Å². The van der Waals surface area contributed by atoms with Crippen molar-refractivity contribution in [2.24, 2.45) is 5.92 Å². The monoisotopic (exact) mass is 413 g/mol. The smallest absolute Gasteiger partial charge is 0.223 e. The second-order valence-electron chi connectivity index (χ2n) is 7.90. The number of carbonyl (C=O) groups excluding carboxylic acids is 1. The normalized spacial score (nSPS) is 20.4. The van der Waals surface area contributed by atoms with E-state index in [-0.39, 0.29) is 11.8 Å². The van der Waals surface area contributed by atoms with Gasteiger partial charge in [-0.2, -0.15) is 0 Å². The van der Waals surface area contributed by atoms with Crippen molar-refractivity contribution in [1.82, 2.24) is 5.32 Å². The van der Waals surface area contributed by atoms with Gasteiger partial charge in [0.25, 0.3) is 0 Å². The van der Waals surface area contributed by atoms with E-state index in [0.717, 1.165) is 47.7 Å². The number of rotatable bonds is 4. The lowest BCUT2D eigenvalue weighted by molar-refractivity contribution is -0.125. The summed E-state index contributed by atoms with van der Waals surface area (Å²) in [5.41, 5.74) is 4.89. The fourth-order valence-electron chi connectivity index (χ4n) is 4.47. The largest absolute Gasteiger partial charge is 0.353 e. The third-order valence-corrected chi connectivity index (χ3v) is 6.52. The zero-order valence-electron chi connectivity index (χ0n) is 15.9. The first-order valence-corrected chi connectivity index (χ1v) is 10.9. The summed E-state index contributed by atoms with van der Waals surface area (Å²) in [6.45, 7) is 0. The summed E-state index contributed by atoms with van der Waals surface area (Å²) < 4.78 is 0. The van der Waals surface area contributed by atoms with Crippen LogP contribution in [0.4, 0.5) is 0 Å². The number of nitrogens with one attached hydrogen (secondary N) is 1. The molecule has 0 radical (unpaired) electrons. The minimum Gasteiger partial charge on any atom is -0.353 e. The molecular weight excluding hydrogens is 389 g/mol. The van der Waals surface area contributed by atoms with Crippen LogP contribution >= 0.6 is 23.2 Å². The van der Waals surface area contributed by atoms with Gasteiger partial charge >= 0.3 is 0 Å². The van der Waals surface area contributed by atoms with Crippen LogP contribution in [0.15, 0.2) is 48.5 Å². The first-order valence-electron chi connectivity index (χ1n) is 10.1. The van der Waals surface area contributed by atoms with Crippen LogP contribution in [0.2, 0.25) is 10.0 Å². The Labute approximate surface area is 176 Å². The van der Waals surface area contributed by atoms with Crippen LogP contribution in [0.3, 0.4) is 0 Å². The molecule has 0 aliphatic heterocycles. The third kappa shape index (κ3) is 4.45. The van der Waals surface area contributed by atoms with Crippen molar-refractivity contribution in [3.63, 3.8) is 0 Å². The average molecular weight is 414 g/mol. The van der Waals surface area contributed by atoms with E-state index in [1.165, 1.54) is 29.6 Å². The van der Waals surface area contributed by atoms with E-state index in [1.807, 2.05) is 24.3 Å². The fourth-order valence-corrected chi connectivity index (χ4v) is 4.72. The van der Waals surface area contributed by atoms with Gasteiger partial charge < -0.3 is 5.32 Å². The van der Waals surface area contributed by atoms with Crippen LogP contribution in [0, 0.1) is 5.92 Å². The molecule has 1 fully saturated rings. The van der Waals surface area contributed by atoms with E-state index < -0.39 is 0 Å². The highest BCUT2D eigenvalue weighted by atomic mass is 35.5. The number of hydrogen-bond donors (Lipinski definition) is 1. The van der Waals surface area contributed by atoms with E-state index in [2.05, 4.69) is 29.6 Å². The highest BCUT2D eigenvalue weighted by Gasteiger charge is 2.29. The lowest BCUT2D eigenvalue weighted by atomic mass is 9.78. The van der Waals surface area contributed by atoms with Gasteiger partial charge in [0, 0.05) is 22.0 Å². The lowest BCUT2D eigenvalue weighted by Crippen LogP contribution is -2.38. The standard InChI is InChI=1S/C24H25Cl2NO/c25-19-10-5-16(6-11-19)22-14-9-18(24(28)27-21-3-1-2-4-21)15-23(22)17-7-12-20(26)13-8-17/h5-8,10-13,18,21H,1-4,9,14-15H2,(H,27,28). The maximum atomic E-state index is 12.9. The second kappa shape index (κ2) is 8.71. The van der Waals surface area contributed by atoms with E-state index in [4.69, 9.17) is 23.2 Å². The summed E-state index contributed by atoms with van der Waals surface area (Å²) >= 11 is 12.2. The van der Waals surface area contributed by atoms with Crippen molar-refractivity contribution in [3.05, 3.63) is 69.7 Å². The molecule has 1 amide bonds. The van der Waals surface area contributed by atoms with E-state index in [1.54, 1.807) is 0 Å². The van der Waals surface area contributed by atoms with Crippen molar-refractivity contribution in [1.29, 1.82) is 0 Å². The number of hydrogen-bond acceptors (Lipinski definition) is 1. The Balaban J connectivity index is 1.63. The van der Waals surface area contributed by atoms with Crippen molar-refractivity contribution >= 4 is 40.3 Å². The summed E-state index contributed by atoms with van der Waals surface area (Å²) in [7, 11) is 0. The van der Waals surface area contributed by atoms with Crippen molar-refractivity contribution in [2.45, 2.75) is 51.0 Å². The Hall–Kier alpha value is -1.77. The number of carbonyl (C=O) groups is 1. The molecule has 1 unspecified atom stereocenters. The van der Waals surface area contributed by atoms with Gasteiger partial charge in [-0.3, -0.25) is 4.79 Å². The SMILES string of the molecule is O=C(NC1CCCC1)C1CCC(c2ccc(Cl)cc2)=C(c2ccc(Cl)cc2)C1. The van der Waals surface area contributed by atoms with Crippen LogP contribution in [0.25, 0.3) is 11.1 Å². The van der Waals surface area contributed by atoms with Crippen LogP contribution in [-0.2, 0) is 4.79 Å². The zero-order valence-corrected chi connectivity index (χ0v) is 17.4. The molecule has 0 spiro atoms. The third-order valence-electron chi connectivity index (χ3n) is 6.02. The zero-order chi connectivity index (χ0) is 19.5. The average Bonchev–Trinajstić information content (AvgIpc) is 3.22.